The highest BCUT2D eigenvalue weighted by atomic mass is 16.5. The normalized spacial score (nSPS) is 15.6. The average Bonchev–Trinajstić information content (AvgIpc) is 2.80. The van der Waals surface area contributed by atoms with Gasteiger partial charge in [-0.15, -0.1) is 0 Å². The molecule has 3 rings (SSSR count). The molecule has 0 amide bonds. The van der Waals surface area contributed by atoms with Gasteiger partial charge in [-0.05, 0) is 36.8 Å². The fourth-order valence-electron chi connectivity index (χ4n) is 2.96. The van der Waals surface area contributed by atoms with Gasteiger partial charge < -0.3 is 24.7 Å². The highest BCUT2D eigenvalue weighted by Gasteiger charge is 2.31. The molecule has 0 aliphatic carbocycles. The lowest BCUT2D eigenvalue weighted by Crippen LogP contribution is -2.39. The van der Waals surface area contributed by atoms with Crippen molar-refractivity contribution < 1.29 is 23.7 Å². The van der Waals surface area contributed by atoms with Crippen LogP contribution in [0, 0.1) is 5.92 Å². The zero-order chi connectivity index (χ0) is 22.2. The minimum atomic E-state index is -0.885. The lowest BCUT2D eigenvalue weighted by atomic mass is 10.1. The molecular formula is C23H27N3O5. The van der Waals surface area contributed by atoms with E-state index in [2.05, 4.69) is 12.0 Å². The van der Waals surface area contributed by atoms with Gasteiger partial charge in [0.1, 0.15) is 17.5 Å². The SMILES string of the molecule is CCCCOC1=CC(C(=O)Oc2ccc(OC)c(OC)c2)C(N)=NN1c1ccccc1. The summed E-state index contributed by atoms with van der Waals surface area (Å²) in [5.74, 6) is 0.379. The number of anilines is 1. The molecule has 2 aromatic rings. The van der Waals surface area contributed by atoms with Crippen LogP contribution < -0.4 is 25.0 Å². The lowest BCUT2D eigenvalue weighted by molar-refractivity contribution is -0.135. The van der Waals surface area contributed by atoms with E-state index >= 15 is 0 Å². The molecule has 1 heterocycles. The highest BCUT2D eigenvalue weighted by molar-refractivity contribution is 6.04. The fraction of sp³-hybridized carbons (Fsp3) is 0.304. The van der Waals surface area contributed by atoms with E-state index < -0.39 is 11.9 Å². The molecule has 0 aromatic heterocycles. The third-order valence-electron chi connectivity index (χ3n) is 4.63. The minimum absolute atomic E-state index is 0.108. The molecule has 0 spiro atoms. The topological polar surface area (TPSA) is 95.6 Å². The number of hydrazone groups is 1. The number of carbonyl (C=O) groups is 1. The number of carbonyl (C=O) groups excluding carboxylic acids is 1. The Labute approximate surface area is 181 Å². The number of rotatable bonds is 9. The summed E-state index contributed by atoms with van der Waals surface area (Å²) in [6.45, 7) is 2.57. The summed E-state index contributed by atoms with van der Waals surface area (Å²) in [6.07, 6.45) is 3.49. The highest BCUT2D eigenvalue weighted by Crippen LogP contribution is 2.32. The van der Waals surface area contributed by atoms with Crippen molar-refractivity contribution in [2.75, 3.05) is 25.8 Å². The molecule has 8 nitrogen and oxygen atoms in total. The molecule has 2 N–H and O–H groups in total. The van der Waals surface area contributed by atoms with Crippen LogP contribution in [0.2, 0.25) is 0 Å². The Morgan fingerprint density at radius 2 is 1.84 bits per heavy atom. The average molecular weight is 425 g/mol. The van der Waals surface area contributed by atoms with Gasteiger partial charge in [-0.3, -0.25) is 4.79 Å². The predicted octanol–water partition coefficient (Wildman–Crippen LogP) is 3.68. The van der Waals surface area contributed by atoms with E-state index in [1.54, 1.807) is 29.3 Å². The second-order valence-corrected chi connectivity index (χ2v) is 6.79. The zero-order valence-electron chi connectivity index (χ0n) is 17.9. The van der Waals surface area contributed by atoms with Crippen molar-refractivity contribution in [2.45, 2.75) is 19.8 Å². The molecule has 0 bridgehead atoms. The van der Waals surface area contributed by atoms with Gasteiger partial charge in [0, 0.05) is 6.07 Å². The van der Waals surface area contributed by atoms with Crippen LogP contribution in [0.15, 0.2) is 65.6 Å². The van der Waals surface area contributed by atoms with Gasteiger partial charge in [0.05, 0.1) is 26.5 Å². The quantitative estimate of drug-likeness (QED) is 0.372. The first-order valence-corrected chi connectivity index (χ1v) is 10.0. The number of hydrogen-bond donors (Lipinski definition) is 1. The van der Waals surface area contributed by atoms with Gasteiger partial charge in [0.15, 0.2) is 11.5 Å². The molecule has 0 radical (unpaired) electrons. The smallest absolute Gasteiger partial charge is 0.326 e. The van der Waals surface area contributed by atoms with Gasteiger partial charge in [-0.1, -0.05) is 31.5 Å². The summed E-state index contributed by atoms with van der Waals surface area (Å²) in [7, 11) is 3.04. The number of methoxy groups -OCH3 is 2. The third kappa shape index (κ3) is 5.28. The van der Waals surface area contributed by atoms with Crippen LogP contribution in [0.25, 0.3) is 0 Å². The second kappa shape index (κ2) is 10.4. The van der Waals surface area contributed by atoms with Crippen molar-refractivity contribution in [3.63, 3.8) is 0 Å². The first kappa shape index (κ1) is 22.0. The maximum absolute atomic E-state index is 12.9. The molecule has 31 heavy (non-hydrogen) atoms. The van der Waals surface area contributed by atoms with E-state index in [9.17, 15) is 4.79 Å². The Hall–Kier alpha value is -3.68. The fourth-order valence-corrected chi connectivity index (χ4v) is 2.96. The largest absolute Gasteiger partial charge is 0.493 e. The molecule has 1 unspecified atom stereocenters. The molecule has 2 aromatic carbocycles. The first-order chi connectivity index (χ1) is 15.1. The maximum Gasteiger partial charge on any atom is 0.326 e. The van der Waals surface area contributed by atoms with Crippen LogP contribution >= 0.6 is 0 Å². The number of benzene rings is 2. The van der Waals surface area contributed by atoms with Gasteiger partial charge in [0.2, 0.25) is 5.88 Å². The Morgan fingerprint density at radius 1 is 1.10 bits per heavy atom. The number of para-hydroxylation sites is 1. The minimum Gasteiger partial charge on any atom is -0.493 e. The Morgan fingerprint density at radius 3 is 2.52 bits per heavy atom. The van der Waals surface area contributed by atoms with Crippen molar-refractivity contribution >= 4 is 17.5 Å². The number of unbranched alkanes of at least 4 members (excludes halogenated alkanes) is 1. The standard InChI is InChI=1S/C23H27N3O5/c1-4-5-13-30-21-15-18(22(24)25-26(21)16-9-7-6-8-10-16)23(27)31-17-11-12-19(28-2)20(14-17)29-3/h6-12,14-15,18H,4-5,13H2,1-3H3,(H2,24,25). The van der Waals surface area contributed by atoms with Gasteiger partial charge >= 0.3 is 5.97 Å². The maximum atomic E-state index is 12.9. The Balaban J connectivity index is 1.83. The number of hydrogen-bond acceptors (Lipinski definition) is 8. The van der Waals surface area contributed by atoms with E-state index in [0.29, 0.717) is 29.7 Å². The van der Waals surface area contributed by atoms with Crippen LogP contribution in [0.3, 0.4) is 0 Å². The first-order valence-electron chi connectivity index (χ1n) is 10.0. The van der Waals surface area contributed by atoms with Crippen LogP contribution in [0.1, 0.15) is 19.8 Å². The van der Waals surface area contributed by atoms with Crippen LogP contribution in [-0.4, -0.2) is 32.6 Å². The summed E-state index contributed by atoms with van der Waals surface area (Å²) in [6, 6.07) is 14.3. The van der Waals surface area contributed by atoms with E-state index in [0.717, 1.165) is 18.5 Å². The molecule has 1 atom stereocenters. The van der Waals surface area contributed by atoms with Crippen LogP contribution in [0.5, 0.6) is 17.2 Å². The summed E-state index contributed by atoms with van der Waals surface area (Å²) < 4.78 is 21.9. The van der Waals surface area contributed by atoms with Crippen molar-refractivity contribution in [3.05, 3.63) is 60.5 Å². The molecule has 1 aliphatic rings. The van der Waals surface area contributed by atoms with Crippen LogP contribution in [-0.2, 0) is 9.53 Å². The molecule has 1 aliphatic heterocycles. The van der Waals surface area contributed by atoms with E-state index in [-0.39, 0.29) is 5.84 Å². The van der Waals surface area contributed by atoms with Crippen molar-refractivity contribution in [2.24, 2.45) is 16.8 Å². The zero-order valence-corrected chi connectivity index (χ0v) is 17.9. The second-order valence-electron chi connectivity index (χ2n) is 6.79. The predicted molar refractivity (Wildman–Crippen MR) is 118 cm³/mol. The summed E-state index contributed by atoms with van der Waals surface area (Å²) in [4.78, 5) is 12.9. The van der Waals surface area contributed by atoms with Crippen molar-refractivity contribution in [1.29, 1.82) is 0 Å². The number of amidine groups is 1. The molecule has 0 saturated heterocycles. The Bertz CT molecular complexity index is 959. The molecule has 0 saturated carbocycles. The number of ether oxygens (including phenoxy) is 4. The van der Waals surface area contributed by atoms with Crippen molar-refractivity contribution in [1.82, 2.24) is 0 Å². The molecule has 164 valence electrons. The monoisotopic (exact) mass is 425 g/mol. The van der Waals surface area contributed by atoms with Gasteiger partial charge in [-0.2, -0.15) is 10.1 Å². The van der Waals surface area contributed by atoms with Gasteiger partial charge in [-0.25, -0.2) is 0 Å². The summed E-state index contributed by atoms with van der Waals surface area (Å²) >= 11 is 0. The van der Waals surface area contributed by atoms with E-state index in [1.807, 2.05) is 30.3 Å². The van der Waals surface area contributed by atoms with E-state index in [4.69, 9.17) is 24.7 Å². The number of nitrogens with two attached hydrogens (primary N) is 1. The number of esters is 1. The molecular weight excluding hydrogens is 398 g/mol. The summed E-state index contributed by atoms with van der Waals surface area (Å²) in [5, 5.41) is 6.00. The van der Waals surface area contributed by atoms with Gasteiger partial charge in [0.25, 0.3) is 0 Å². The lowest BCUT2D eigenvalue weighted by Gasteiger charge is -2.28. The summed E-state index contributed by atoms with van der Waals surface area (Å²) in [5.41, 5.74) is 6.92. The van der Waals surface area contributed by atoms with Crippen molar-refractivity contribution in [3.8, 4) is 17.2 Å². The number of nitrogens with zero attached hydrogens (tertiary/aromatic N) is 2. The molecule has 8 heteroatoms. The van der Waals surface area contributed by atoms with E-state index in [1.165, 1.54) is 14.2 Å². The third-order valence-corrected chi connectivity index (χ3v) is 4.63. The Kier molecular flexibility index (Phi) is 7.37. The molecule has 0 fully saturated rings. The van der Waals surface area contributed by atoms with Crippen LogP contribution in [0.4, 0.5) is 5.69 Å².